The van der Waals surface area contributed by atoms with Crippen molar-refractivity contribution in [3.8, 4) is 11.8 Å². The van der Waals surface area contributed by atoms with Crippen LogP contribution in [0.15, 0.2) is 18.2 Å². The molecular weight excluding hydrogens is 253 g/mol. The Bertz CT molecular complexity index is 440. The summed E-state index contributed by atoms with van der Waals surface area (Å²) in [5.41, 5.74) is 0.372. The summed E-state index contributed by atoms with van der Waals surface area (Å²) in [6.45, 7) is 4.16. The monoisotopic (exact) mass is 269 g/mol. The van der Waals surface area contributed by atoms with Crippen LogP contribution in [0.25, 0.3) is 0 Å². The number of rotatable bonds is 6. The smallest absolute Gasteiger partial charge is 0.165 e. The normalized spacial score (nSPS) is 11.1. The molecule has 0 radical (unpaired) electrons. The lowest BCUT2D eigenvalue weighted by atomic mass is 9.90. The molecule has 18 heavy (non-hydrogen) atoms. The lowest BCUT2D eigenvalue weighted by Gasteiger charge is -2.15. The van der Waals surface area contributed by atoms with E-state index in [1.54, 1.807) is 12.1 Å². The molecule has 1 aromatic carbocycles. The molecule has 0 aliphatic heterocycles. The quantitative estimate of drug-likeness (QED) is 0.571. The highest BCUT2D eigenvalue weighted by molar-refractivity contribution is 6.17. The van der Waals surface area contributed by atoms with Crippen LogP contribution in [0.4, 0.5) is 4.39 Å². The lowest BCUT2D eigenvalue weighted by Crippen LogP contribution is -2.10. The molecule has 0 aliphatic carbocycles. The van der Waals surface area contributed by atoms with Crippen molar-refractivity contribution in [1.82, 2.24) is 0 Å². The third-order valence-corrected chi connectivity index (χ3v) is 2.97. The first-order chi connectivity index (χ1) is 8.48. The zero-order valence-electron chi connectivity index (χ0n) is 10.7. The van der Waals surface area contributed by atoms with E-state index in [9.17, 15) is 4.39 Å². The molecule has 0 atom stereocenters. The SMILES string of the molecule is CC(C)(C#N)CCCOc1ccc(CCl)cc1F. The van der Waals surface area contributed by atoms with Crippen molar-refractivity contribution in [3.05, 3.63) is 29.6 Å². The summed E-state index contributed by atoms with van der Waals surface area (Å²) in [7, 11) is 0. The van der Waals surface area contributed by atoms with Gasteiger partial charge in [-0.2, -0.15) is 5.26 Å². The molecule has 98 valence electrons. The van der Waals surface area contributed by atoms with E-state index in [1.807, 2.05) is 13.8 Å². The van der Waals surface area contributed by atoms with E-state index in [-0.39, 0.29) is 17.0 Å². The minimum atomic E-state index is -0.396. The number of hydrogen-bond donors (Lipinski definition) is 0. The highest BCUT2D eigenvalue weighted by atomic mass is 35.5. The number of halogens is 2. The average molecular weight is 270 g/mol. The van der Waals surface area contributed by atoms with Crippen molar-refractivity contribution >= 4 is 11.6 Å². The zero-order chi connectivity index (χ0) is 13.6. The van der Waals surface area contributed by atoms with E-state index in [0.29, 0.717) is 6.61 Å². The van der Waals surface area contributed by atoms with Crippen molar-refractivity contribution in [1.29, 1.82) is 5.26 Å². The zero-order valence-corrected chi connectivity index (χ0v) is 11.4. The predicted molar refractivity (Wildman–Crippen MR) is 70.1 cm³/mol. The molecule has 0 heterocycles. The van der Waals surface area contributed by atoms with Gasteiger partial charge in [0.2, 0.25) is 0 Å². The first-order valence-corrected chi connectivity index (χ1v) is 6.40. The third-order valence-electron chi connectivity index (χ3n) is 2.66. The Morgan fingerprint density at radius 3 is 2.72 bits per heavy atom. The minimum absolute atomic E-state index is 0.235. The van der Waals surface area contributed by atoms with Gasteiger partial charge in [-0.25, -0.2) is 4.39 Å². The Kier molecular flexibility index (Phi) is 5.43. The summed E-state index contributed by atoms with van der Waals surface area (Å²) in [6.07, 6.45) is 1.45. The van der Waals surface area contributed by atoms with Crippen LogP contribution >= 0.6 is 11.6 Å². The standard InChI is InChI=1S/C14H17ClFNO/c1-14(2,10-17)6-3-7-18-13-5-4-11(9-15)8-12(13)16/h4-5,8H,3,6-7,9H2,1-2H3. The molecule has 1 aromatic rings. The fourth-order valence-electron chi connectivity index (χ4n) is 1.50. The topological polar surface area (TPSA) is 33.0 Å². The molecule has 0 fully saturated rings. The van der Waals surface area contributed by atoms with Crippen molar-refractivity contribution in [2.75, 3.05) is 6.61 Å². The second-order valence-corrected chi connectivity index (χ2v) is 5.11. The van der Waals surface area contributed by atoms with Crippen molar-refractivity contribution in [2.45, 2.75) is 32.6 Å². The Hall–Kier alpha value is -1.27. The highest BCUT2D eigenvalue weighted by Gasteiger charge is 2.15. The Balaban J connectivity index is 2.43. The fraction of sp³-hybridized carbons (Fsp3) is 0.500. The maximum Gasteiger partial charge on any atom is 0.165 e. The first kappa shape index (κ1) is 14.8. The van der Waals surface area contributed by atoms with E-state index in [0.717, 1.165) is 18.4 Å². The van der Waals surface area contributed by atoms with Gasteiger partial charge < -0.3 is 4.74 Å². The summed E-state index contributed by atoms with van der Waals surface area (Å²) in [6, 6.07) is 6.93. The third kappa shape index (κ3) is 4.54. The Morgan fingerprint density at radius 1 is 1.44 bits per heavy atom. The van der Waals surface area contributed by atoms with Gasteiger partial charge in [-0.05, 0) is 44.4 Å². The molecule has 0 aliphatic rings. The van der Waals surface area contributed by atoms with Crippen molar-refractivity contribution < 1.29 is 9.13 Å². The van der Waals surface area contributed by atoms with Gasteiger partial charge in [-0.15, -0.1) is 11.6 Å². The molecule has 0 aromatic heterocycles. The summed E-state index contributed by atoms with van der Waals surface area (Å²) >= 11 is 5.61. The average Bonchev–Trinajstić information content (AvgIpc) is 2.36. The van der Waals surface area contributed by atoms with E-state index in [2.05, 4.69) is 6.07 Å². The van der Waals surface area contributed by atoms with Gasteiger partial charge in [0.25, 0.3) is 0 Å². The summed E-state index contributed by atoms with van der Waals surface area (Å²) in [5.74, 6) is 0.124. The van der Waals surface area contributed by atoms with Crippen LogP contribution in [0.5, 0.6) is 5.75 Å². The number of nitrogens with zero attached hydrogens (tertiary/aromatic N) is 1. The predicted octanol–water partition coefficient (Wildman–Crippen LogP) is 4.27. The van der Waals surface area contributed by atoms with Crippen molar-refractivity contribution in [3.63, 3.8) is 0 Å². The van der Waals surface area contributed by atoms with Crippen LogP contribution in [-0.2, 0) is 5.88 Å². The number of hydrogen-bond acceptors (Lipinski definition) is 2. The summed E-state index contributed by atoms with van der Waals surface area (Å²) < 4.78 is 18.9. The van der Waals surface area contributed by atoms with Crippen LogP contribution in [0, 0.1) is 22.6 Å². The number of ether oxygens (including phenoxy) is 1. The molecular formula is C14H17ClFNO. The molecule has 0 bridgehead atoms. The van der Waals surface area contributed by atoms with Gasteiger partial charge in [-0.1, -0.05) is 6.07 Å². The van der Waals surface area contributed by atoms with E-state index in [4.69, 9.17) is 21.6 Å². The second-order valence-electron chi connectivity index (χ2n) is 4.85. The van der Waals surface area contributed by atoms with Crippen molar-refractivity contribution in [2.24, 2.45) is 5.41 Å². The molecule has 4 heteroatoms. The van der Waals surface area contributed by atoms with Gasteiger partial charge in [0.1, 0.15) is 0 Å². The molecule has 0 saturated carbocycles. The van der Waals surface area contributed by atoms with Gasteiger partial charge in [0, 0.05) is 5.88 Å². The maximum absolute atomic E-state index is 13.5. The van der Waals surface area contributed by atoms with E-state index in [1.165, 1.54) is 6.07 Å². The molecule has 0 saturated heterocycles. The lowest BCUT2D eigenvalue weighted by molar-refractivity contribution is 0.273. The molecule has 0 N–H and O–H groups in total. The second kappa shape index (κ2) is 6.61. The Labute approximate surface area is 112 Å². The van der Waals surface area contributed by atoms with Crippen LogP contribution in [0.2, 0.25) is 0 Å². The molecule has 0 spiro atoms. The largest absolute Gasteiger partial charge is 0.491 e. The first-order valence-electron chi connectivity index (χ1n) is 5.87. The van der Waals surface area contributed by atoms with Crippen LogP contribution in [0.1, 0.15) is 32.3 Å². The maximum atomic E-state index is 13.5. The minimum Gasteiger partial charge on any atom is -0.491 e. The molecule has 1 rings (SSSR count). The van der Waals surface area contributed by atoms with Gasteiger partial charge in [-0.3, -0.25) is 0 Å². The van der Waals surface area contributed by atoms with Gasteiger partial charge >= 0.3 is 0 Å². The highest BCUT2D eigenvalue weighted by Crippen LogP contribution is 2.22. The summed E-state index contributed by atoms with van der Waals surface area (Å²) in [4.78, 5) is 0. The molecule has 2 nitrogen and oxygen atoms in total. The van der Waals surface area contributed by atoms with Crippen LogP contribution in [0.3, 0.4) is 0 Å². The number of nitriles is 1. The number of alkyl halides is 1. The fourth-order valence-corrected chi connectivity index (χ4v) is 1.66. The van der Waals surface area contributed by atoms with Crippen LogP contribution < -0.4 is 4.74 Å². The number of benzene rings is 1. The van der Waals surface area contributed by atoms with Gasteiger partial charge in [0.15, 0.2) is 11.6 Å². The van der Waals surface area contributed by atoms with Gasteiger partial charge in [0.05, 0.1) is 18.1 Å². The molecule has 0 unspecified atom stereocenters. The van der Waals surface area contributed by atoms with E-state index >= 15 is 0 Å². The van der Waals surface area contributed by atoms with E-state index < -0.39 is 5.82 Å². The Morgan fingerprint density at radius 2 is 2.17 bits per heavy atom. The van der Waals surface area contributed by atoms with Crippen LogP contribution in [-0.4, -0.2) is 6.61 Å². The molecule has 0 amide bonds. The summed E-state index contributed by atoms with van der Waals surface area (Å²) in [5, 5.41) is 8.85.